The molecule has 1 aromatic carbocycles. The van der Waals surface area contributed by atoms with E-state index in [1.807, 2.05) is 17.0 Å². The number of ether oxygens (including phenoxy) is 2. The molecule has 0 unspecified atom stereocenters. The van der Waals surface area contributed by atoms with Crippen molar-refractivity contribution in [1.82, 2.24) is 4.98 Å². The molecule has 1 fully saturated rings. The van der Waals surface area contributed by atoms with Crippen LogP contribution in [0.3, 0.4) is 0 Å². The Hall–Kier alpha value is -2.28. The molecule has 22 heavy (non-hydrogen) atoms. The summed E-state index contributed by atoms with van der Waals surface area (Å²) in [5, 5.41) is 0.671. The smallest absolute Gasteiger partial charge is 0.345 e. The molecule has 7 heteroatoms. The lowest BCUT2D eigenvalue weighted by Gasteiger charge is -2.40. The topological polar surface area (TPSA) is 51.7 Å². The summed E-state index contributed by atoms with van der Waals surface area (Å²) >= 11 is 0. The Balaban J connectivity index is 1.86. The van der Waals surface area contributed by atoms with Crippen LogP contribution in [0.2, 0.25) is 0 Å². The first-order valence-corrected chi connectivity index (χ1v) is 6.74. The van der Waals surface area contributed by atoms with E-state index in [4.69, 9.17) is 4.74 Å². The molecule has 0 aliphatic carbocycles. The van der Waals surface area contributed by atoms with E-state index < -0.39 is 18.7 Å². The van der Waals surface area contributed by atoms with Gasteiger partial charge in [0.1, 0.15) is 0 Å². The number of nitrogens with zero attached hydrogens (tertiary/aromatic N) is 2. The molecular formula is C15H14F2N2O3. The van der Waals surface area contributed by atoms with E-state index in [2.05, 4.69) is 9.72 Å². The normalized spacial score (nSPS) is 15.2. The average molecular weight is 308 g/mol. The van der Waals surface area contributed by atoms with Gasteiger partial charge in [-0.3, -0.25) is 4.98 Å². The van der Waals surface area contributed by atoms with Gasteiger partial charge in [0.2, 0.25) is 0 Å². The van der Waals surface area contributed by atoms with Gasteiger partial charge in [-0.25, -0.2) is 4.79 Å². The van der Waals surface area contributed by atoms with Crippen LogP contribution in [-0.2, 0) is 9.47 Å². The van der Waals surface area contributed by atoms with Crippen molar-refractivity contribution in [3.8, 4) is 0 Å². The molecule has 1 aromatic heterocycles. The third-order valence-electron chi connectivity index (χ3n) is 3.64. The maximum absolute atomic E-state index is 12.1. The van der Waals surface area contributed by atoms with Gasteiger partial charge in [0.25, 0.3) is 0 Å². The Morgan fingerprint density at radius 2 is 2.14 bits per heavy atom. The van der Waals surface area contributed by atoms with Crippen LogP contribution >= 0.6 is 0 Å². The van der Waals surface area contributed by atoms with Crippen molar-refractivity contribution in [1.29, 1.82) is 0 Å². The molecular weight excluding hydrogens is 294 g/mol. The van der Waals surface area contributed by atoms with Gasteiger partial charge in [-0.1, -0.05) is 0 Å². The lowest BCUT2D eigenvalue weighted by Crippen LogP contribution is -2.52. The van der Waals surface area contributed by atoms with Gasteiger partial charge in [0.05, 0.1) is 24.3 Å². The first kappa shape index (κ1) is 14.6. The lowest BCUT2D eigenvalue weighted by molar-refractivity contribution is -0.167. The summed E-state index contributed by atoms with van der Waals surface area (Å²) in [4.78, 5) is 17.9. The fourth-order valence-corrected chi connectivity index (χ4v) is 2.50. The molecule has 0 atom stereocenters. The van der Waals surface area contributed by atoms with Crippen LogP contribution < -0.4 is 4.90 Å². The Morgan fingerprint density at radius 3 is 2.82 bits per heavy atom. The number of pyridine rings is 1. The minimum Gasteiger partial charge on any atom is -0.465 e. The number of anilines is 1. The van der Waals surface area contributed by atoms with E-state index in [-0.39, 0.29) is 0 Å². The SMILES string of the molecule is COC(=O)c1ccnc2ccc(N3CC(OC(F)F)C3)cc12. The second-order valence-electron chi connectivity index (χ2n) is 4.98. The third-order valence-corrected chi connectivity index (χ3v) is 3.64. The molecule has 2 aromatic rings. The second kappa shape index (κ2) is 5.84. The molecule has 3 rings (SSSR count). The number of aromatic nitrogens is 1. The quantitative estimate of drug-likeness (QED) is 0.812. The van der Waals surface area contributed by atoms with E-state index in [9.17, 15) is 13.6 Å². The Bertz CT molecular complexity index is 702. The number of carbonyl (C=O) groups excluding carboxylic acids is 1. The highest BCUT2D eigenvalue weighted by Crippen LogP contribution is 2.28. The van der Waals surface area contributed by atoms with E-state index in [1.54, 1.807) is 18.3 Å². The zero-order valence-electron chi connectivity index (χ0n) is 11.8. The Morgan fingerprint density at radius 1 is 1.36 bits per heavy atom. The van der Waals surface area contributed by atoms with Crippen LogP contribution in [0.5, 0.6) is 0 Å². The minimum atomic E-state index is -2.75. The number of carbonyl (C=O) groups is 1. The minimum absolute atomic E-state index is 0.393. The number of alkyl halides is 2. The summed E-state index contributed by atoms with van der Waals surface area (Å²) in [5.74, 6) is -0.438. The summed E-state index contributed by atoms with van der Waals surface area (Å²) < 4.78 is 33.5. The number of methoxy groups -OCH3 is 1. The molecule has 0 bridgehead atoms. The van der Waals surface area contributed by atoms with E-state index in [1.165, 1.54) is 7.11 Å². The molecule has 1 aliphatic heterocycles. The maximum Gasteiger partial charge on any atom is 0.345 e. The molecule has 1 saturated heterocycles. The molecule has 116 valence electrons. The van der Waals surface area contributed by atoms with Gasteiger partial charge in [0.15, 0.2) is 0 Å². The fourth-order valence-electron chi connectivity index (χ4n) is 2.50. The monoisotopic (exact) mass is 308 g/mol. The van der Waals surface area contributed by atoms with Crippen LogP contribution in [-0.4, -0.2) is 43.9 Å². The van der Waals surface area contributed by atoms with Crippen molar-refractivity contribution in [3.63, 3.8) is 0 Å². The maximum atomic E-state index is 12.1. The molecule has 0 N–H and O–H groups in total. The predicted molar refractivity (Wildman–Crippen MR) is 76.2 cm³/mol. The lowest BCUT2D eigenvalue weighted by atomic mass is 10.1. The van der Waals surface area contributed by atoms with Crippen molar-refractivity contribution in [2.45, 2.75) is 12.7 Å². The van der Waals surface area contributed by atoms with Crippen LogP contribution in [0.1, 0.15) is 10.4 Å². The number of hydrogen-bond donors (Lipinski definition) is 0. The number of fused-ring (bicyclic) bond motifs is 1. The molecule has 5 nitrogen and oxygen atoms in total. The van der Waals surface area contributed by atoms with Crippen LogP contribution in [0.15, 0.2) is 30.5 Å². The van der Waals surface area contributed by atoms with E-state index >= 15 is 0 Å². The summed E-state index contributed by atoms with van der Waals surface area (Å²) in [5.41, 5.74) is 1.93. The highest BCUT2D eigenvalue weighted by Gasteiger charge is 2.30. The van der Waals surface area contributed by atoms with Crippen LogP contribution in [0, 0.1) is 0 Å². The molecule has 0 saturated carbocycles. The van der Waals surface area contributed by atoms with Gasteiger partial charge in [-0.15, -0.1) is 0 Å². The molecule has 0 amide bonds. The standard InChI is InChI=1S/C15H14F2N2O3/c1-21-14(20)11-4-5-18-13-3-2-9(6-12(11)13)19-7-10(8-19)22-15(16)17/h2-6,10,15H,7-8H2,1H3. The summed E-state index contributed by atoms with van der Waals surface area (Å²) in [6.45, 7) is -1.97. The molecule has 0 spiro atoms. The molecule has 1 aliphatic rings. The molecule has 0 radical (unpaired) electrons. The van der Waals surface area contributed by atoms with E-state index in [0.717, 1.165) is 5.69 Å². The van der Waals surface area contributed by atoms with Crippen LogP contribution in [0.25, 0.3) is 10.9 Å². The summed E-state index contributed by atoms with van der Waals surface area (Å²) in [6.07, 6.45) is 1.08. The third kappa shape index (κ3) is 2.71. The fraction of sp³-hybridized carbons (Fsp3) is 0.333. The Labute approximate surface area is 125 Å². The zero-order chi connectivity index (χ0) is 15.7. The largest absolute Gasteiger partial charge is 0.465 e. The van der Waals surface area contributed by atoms with Gasteiger partial charge < -0.3 is 14.4 Å². The zero-order valence-corrected chi connectivity index (χ0v) is 11.8. The highest BCUT2D eigenvalue weighted by molar-refractivity contribution is 6.04. The van der Waals surface area contributed by atoms with Crippen molar-refractivity contribution in [2.24, 2.45) is 0 Å². The summed E-state index contributed by atoms with van der Waals surface area (Å²) in [6, 6.07) is 7.04. The van der Waals surface area contributed by atoms with Crippen molar-refractivity contribution < 1.29 is 23.0 Å². The van der Waals surface area contributed by atoms with E-state index in [0.29, 0.717) is 29.6 Å². The number of rotatable bonds is 4. The number of benzene rings is 1. The van der Waals surface area contributed by atoms with Crippen LogP contribution in [0.4, 0.5) is 14.5 Å². The molecule has 2 heterocycles. The van der Waals surface area contributed by atoms with Gasteiger partial charge >= 0.3 is 12.6 Å². The van der Waals surface area contributed by atoms with Gasteiger partial charge in [0, 0.05) is 30.4 Å². The highest BCUT2D eigenvalue weighted by atomic mass is 19.3. The first-order chi connectivity index (χ1) is 10.6. The predicted octanol–water partition coefficient (Wildman–Crippen LogP) is 2.45. The van der Waals surface area contributed by atoms with Gasteiger partial charge in [-0.2, -0.15) is 8.78 Å². The Kier molecular flexibility index (Phi) is 3.89. The van der Waals surface area contributed by atoms with Gasteiger partial charge in [-0.05, 0) is 24.3 Å². The number of hydrogen-bond acceptors (Lipinski definition) is 5. The van der Waals surface area contributed by atoms with Crippen molar-refractivity contribution in [3.05, 3.63) is 36.0 Å². The summed E-state index contributed by atoms with van der Waals surface area (Å²) in [7, 11) is 1.32. The number of halogens is 2. The number of esters is 1. The van der Waals surface area contributed by atoms with Crippen molar-refractivity contribution >= 4 is 22.6 Å². The van der Waals surface area contributed by atoms with Crippen molar-refractivity contribution in [2.75, 3.05) is 25.1 Å². The first-order valence-electron chi connectivity index (χ1n) is 6.74. The average Bonchev–Trinajstić information content (AvgIpc) is 2.48. The second-order valence-corrected chi connectivity index (χ2v) is 4.98.